The normalized spacial score (nSPS) is 26.1. The van der Waals surface area contributed by atoms with Crippen LogP contribution < -0.4 is 0 Å². The van der Waals surface area contributed by atoms with E-state index in [1.807, 2.05) is 17.1 Å². The zero-order valence-corrected chi connectivity index (χ0v) is 17.7. The predicted molar refractivity (Wildman–Crippen MR) is 112 cm³/mol. The first kappa shape index (κ1) is 23.9. The monoisotopic (exact) mass is 409 g/mol. The number of unbranched alkanes of at least 4 members (excludes halogenated alkanes) is 3. The van der Waals surface area contributed by atoms with E-state index in [0.29, 0.717) is 19.3 Å². The molecule has 2 aliphatic rings. The van der Waals surface area contributed by atoms with Crippen LogP contribution in [0.1, 0.15) is 83.5 Å². The highest BCUT2D eigenvalue weighted by Crippen LogP contribution is 2.37. The SMILES string of the molecule is O=C(O)CCCCCCC1C(O)CCC1C=CC(O)CCC(=O)N1CCCCC1. The van der Waals surface area contributed by atoms with Gasteiger partial charge in [0.1, 0.15) is 0 Å². The number of hydrogen-bond donors (Lipinski definition) is 3. The first-order chi connectivity index (χ1) is 14.0. The maximum Gasteiger partial charge on any atom is 0.303 e. The molecule has 1 aliphatic heterocycles. The van der Waals surface area contributed by atoms with Gasteiger partial charge < -0.3 is 20.2 Å². The highest BCUT2D eigenvalue weighted by Gasteiger charge is 2.32. The maximum atomic E-state index is 12.2. The van der Waals surface area contributed by atoms with Gasteiger partial charge in [0.05, 0.1) is 12.2 Å². The van der Waals surface area contributed by atoms with Gasteiger partial charge in [-0.05, 0) is 63.2 Å². The molecule has 0 spiro atoms. The summed E-state index contributed by atoms with van der Waals surface area (Å²) in [4.78, 5) is 24.7. The van der Waals surface area contributed by atoms with Gasteiger partial charge in [0.15, 0.2) is 0 Å². The number of aliphatic carboxylic acids is 1. The Morgan fingerprint density at radius 2 is 1.72 bits per heavy atom. The Morgan fingerprint density at radius 1 is 1.00 bits per heavy atom. The molecule has 1 saturated carbocycles. The predicted octanol–water partition coefficient (Wildman–Crippen LogP) is 3.51. The molecule has 2 fully saturated rings. The number of rotatable bonds is 12. The van der Waals surface area contributed by atoms with Crippen molar-refractivity contribution in [1.82, 2.24) is 4.90 Å². The van der Waals surface area contributed by atoms with E-state index >= 15 is 0 Å². The number of carbonyl (C=O) groups is 2. The lowest BCUT2D eigenvalue weighted by atomic mass is 9.88. The molecule has 6 nitrogen and oxygen atoms in total. The van der Waals surface area contributed by atoms with Crippen LogP contribution >= 0.6 is 0 Å². The van der Waals surface area contributed by atoms with Gasteiger partial charge in [-0.3, -0.25) is 9.59 Å². The average Bonchev–Trinajstić information content (AvgIpc) is 3.07. The van der Waals surface area contributed by atoms with E-state index in [-0.39, 0.29) is 30.3 Å². The fraction of sp³-hybridized carbons (Fsp3) is 0.826. The summed E-state index contributed by atoms with van der Waals surface area (Å²) in [6.45, 7) is 1.70. The van der Waals surface area contributed by atoms with E-state index < -0.39 is 12.1 Å². The molecule has 0 aromatic heterocycles. The molecule has 3 N–H and O–H groups in total. The summed E-state index contributed by atoms with van der Waals surface area (Å²) in [6.07, 6.45) is 13.7. The van der Waals surface area contributed by atoms with Crippen LogP contribution in [0.3, 0.4) is 0 Å². The van der Waals surface area contributed by atoms with Crippen LogP contribution in [-0.4, -0.2) is 57.4 Å². The number of piperidine rings is 1. The minimum Gasteiger partial charge on any atom is -0.481 e. The van der Waals surface area contributed by atoms with E-state index in [9.17, 15) is 19.8 Å². The average molecular weight is 410 g/mol. The van der Waals surface area contributed by atoms with Crippen LogP contribution in [0.25, 0.3) is 0 Å². The molecule has 4 atom stereocenters. The van der Waals surface area contributed by atoms with Gasteiger partial charge in [0.25, 0.3) is 0 Å². The molecule has 1 saturated heterocycles. The molecule has 0 aromatic rings. The van der Waals surface area contributed by atoms with E-state index in [4.69, 9.17) is 5.11 Å². The molecule has 6 heteroatoms. The third-order valence-corrected chi connectivity index (χ3v) is 6.46. The molecule has 2 rings (SSSR count). The Morgan fingerprint density at radius 3 is 2.45 bits per heavy atom. The smallest absolute Gasteiger partial charge is 0.303 e. The number of hydrogen-bond acceptors (Lipinski definition) is 4. The van der Waals surface area contributed by atoms with Gasteiger partial charge in [-0.2, -0.15) is 0 Å². The van der Waals surface area contributed by atoms with Crippen molar-refractivity contribution in [2.45, 2.75) is 95.7 Å². The van der Waals surface area contributed by atoms with Crippen molar-refractivity contribution in [2.75, 3.05) is 13.1 Å². The Kier molecular flexibility index (Phi) is 10.7. The molecule has 0 radical (unpaired) electrons. The Balaban J connectivity index is 1.67. The molecule has 1 aliphatic carbocycles. The van der Waals surface area contributed by atoms with Crippen molar-refractivity contribution in [3.63, 3.8) is 0 Å². The Hall–Kier alpha value is -1.40. The number of aliphatic hydroxyl groups excluding tert-OH is 2. The number of carbonyl (C=O) groups excluding carboxylic acids is 1. The highest BCUT2D eigenvalue weighted by molar-refractivity contribution is 5.76. The van der Waals surface area contributed by atoms with Crippen molar-refractivity contribution in [1.29, 1.82) is 0 Å². The molecule has 0 aromatic carbocycles. The largest absolute Gasteiger partial charge is 0.481 e. The summed E-state index contributed by atoms with van der Waals surface area (Å²) in [5, 5.41) is 29.2. The highest BCUT2D eigenvalue weighted by atomic mass is 16.4. The summed E-state index contributed by atoms with van der Waals surface area (Å²) in [5.74, 6) is -0.101. The molecule has 1 amide bonds. The molecular formula is C23H39NO5. The number of carboxylic acids is 1. The van der Waals surface area contributed by atoms with Crippen molar-refractivity contribution in [3.8, 4) is 0 Å². The van der Waals surface area contributed by atoms with Gasteiger partial charge in [0, 0.05) is 25.9 Å². The fourth-order valence-corrected chi connectivity index (χ4v) is 4.67. The number of amides is 1. The van der Waals surface area contributed by atoms with Crippen LogP contribution in [0.2, 0.25) is 0 Å². The van der Waals surface area contributed by atoms with Gasteiger partial charge in [-0.15, -0.1) is 0 Å². The van der Waals surface area contributed by atoms with E-state index in [0.717, 1.165) is 64.5 Å². The molecular weight excluding hydrogens is 370 g/mol. The van der Waals surface area contributed by atoms with Crippen molar-refractivity contribution >= 4 is 11.9 Å². The quantitative estimate of drug-likeness (QED) is 0.338. The van der Waals surface area contributed by atoms with Gasteiger partial charge >= 0.3 is 5.97 Å². The lowest BCUT2D eigenvalue weighted by Crippen LogP contribution is -2.35. The molecule has 29 heavy (non-hydrogen) atoms. The van der Waals surface area contributed by atoms with Crippen LogP contribution in [-0.2, 0) is 9.59 Å². The Bertz CT molecular complexity index is 529. The van der Waals surface area contributed by atoms with E-state index in [2.05, 4.69) is 0 Å². The second kappa shape index (κ2) is 13.0. The molecule has 1 heterocycles. The second-order valence-corrected chi connectivity index (χ2v) is 8.75. The number of likely N-dealkylation sites (tertiary alicyclic amines) is 1. The number of nitrogens with zero attached hydrogens (tertiary/aromatic N) is 1. The molecule has 4 unspecified atom stereocenters. The van der Waals surface area contributed by atoms with Gasteiger partial charge in [-0.1, -0.05) is 31.4 Å². The Labute approximate surface area is 175 Å². The third kappa shape index (κ3) is 8.87. The van der Waals surface area contributed by atoms with Gasteiger partial charge in [0.2, 0.25) is 5.91 Å². The summed E-state index contributed by atoms with van der Waals surface area (Å²) >= 11 is 0. The zero-order valence-electron chi connectivity index (χ0n) is 17.7. The minimum absolute atomic E-state index is 0.147. The number of allylic oxidation sites excluding steroid dienone is 1. The lowest BCUT2D eigenvalue weighted by molar-refractivity contribution is -0.137. The molecule has 166 valence electrons. The van der Waals surface area contributed by atoms with Crippen molar-refractivity contribution < 1.29 is 24.9 Å². The van der Waals surface area contributed by atoms with Crippen LogP contribution in [0.4, 0.5) is 0 Å². The van der Waals surface area contributed by atoms with Crippen LogP contribution in [0.15, 0.2) is 12.2 Å². The minimum atomic E-state index is -0.738. The number of carboxylic acid groups (broad SMARTS) is 1. The van der Waals surface area contributed by atoms with Crippen molar-refractivity contribution in [2.24, 2.45) is 11.8 Å². The maximum absolute atomic E-state index is 12.2. The first-order valence-electron chi connectivity index (χ1n) is 11.5. The summed E-state index contributed by atoms with van der Waals surface area (Å²) < 4.78 is 0. The summed E-state index contributed by atoms with van der Waals surface area (Å²) in [6, 6.07) is 0. The molecule has 0 bridgehead atoms. The first-order valence-corrected chi connectivity index (χ1v) is 11.5. The topological polar surface area (TPSA) is 98.1 Å². The van der Waals surface area contributed by atoms with E-state index in [1.54, 1.807) is 0 Å². The lowest BCUT2D eigenvalue weighted by Gasteiger charge is -2.27. The standard InChI is InChI=1S/C23H39NO5/c25-19(13-15-22(27)24-16-6-3-7-17-24)12-10-18-11-14-21(26)20(18)8-4-1-2-5-9-23(28)29/h10,12,18-21,25-26H,1-9,11,13-17H2,(H,28,29). The van der Waals surface area contributed by atoms with Crippen LogP contribution in [0.5, 0.6) is 0 Å². The zero-order chi connectivity index (χ0) is 21.1. The van der Waals surface area contributed by atoms with E-state index in [1.165, 1.54) is 6.42 Å². The summed E-state index contributed by atoms with van der Waals surface area (Å²) in [7, 11) is 0. The van der Waals surface area contributed by atoms with Crippen molar-refractivity contribution in [3.05, 3.63) is 12.2 Å². The second-order valence-electron chi connectivity index (χ2n) is 8.75. The van der Waals surface area contributed by atoms with Crippen LogP contribution in [0, 0.1) is 11.8 Å². The third-order valence-electron chi connectivity index (χ3n) is 6.46. The number of aliphatic hydroxyl groups is 2. The fourth-order valence-electron chi connectivity index (χ4n) is 4.67. The van der Waals surface area contributed by atoms with Gasteiger partial charge in [-0.25, -0.2) is 0 Å². The summed E-state index contributed by atoms with van der Waals surface area (Å²) in [5.41, 5.74) is 0.